The van der Waals surface area contributed by atoms with Crippen LogP contribution in [0.1, 0.15) is 54.4 Å². The predicted molar refractivity (Wildman–Crippen MR) is 217 cm³/mol. The smallest absolute Gasteiger partial charge is 0.410 e. The van der Waals surface area contributed by atoms with Gasteiger partial charge >= 0.3 is 23.6 Å². The molecule has 0 unspecified atom stereocenters. The van der Waals surface area contributed by atoms with Gasteiger partial charge in [0.15, 0.2) is 0 Å². The largest absolute Gasteiger partial charge is 0.444 e. The minimum Gasteiger partial charge on any atom is -0.444 e. The molecule has 19 heteroatoms. The number of rotatable bonds is 4. The van der Waals surface area contributed by atoms with E-state index in [1.54, 1.807) is 40.1 Å². The summed E-state index contributed by atoms with van der Waals surface area (Å²) in [5.41, 5.74) is 6.15. The van der Waals surface area contributed by atoms with Crippen LogP contribution in [0.25, 0.3) is 21.8 Å². The lowest BCUT2D eigenvalue weighted by atomic mass is 10.1. The van der Waals surface area contributed by atoms with E-state index in [2.05, 4.69) is 47.1 Å². The van der Waals surface area contributed by atoms with Crippen LogP contribution in [-0.2, 0) is 9.47 Å². The maximum absolute atomic E-state index is 12.2. The molecule has 2 fully saturated rings. The van der Waals surface area contributed by atoms with Crippen molar-refractivity contribution >= 4 is 94.5 Å². The second-order valence-corrected chi connectivity index (χ2v) is 17.1. The van der Waals surface area contributed by atoms with E-state index in [4.69, 9.17) is 26.8 Å². The van der Waals surface area contributed by atoms with E-state index in [1.807, 2.05) is 47.6 Å². The van der Waals surface area contributed by atoms with E-state index < -0.39 is 21.0 Å². The first-order valence-electron chi connectivity index (χ1n) is 17.2. The summed E-state index contributed by atoms with van der Waals surface area (Å²) in [4.78, 5) is 56.2. The van der Waals surface area contributed by atoms with Crippen molar-refractivity contribution in [2.24, 2.45) is 5.73 Å². The summed E-state index contributed by atoms with van der Waals surface area (Å²) < 4.78 is 12.2. The van der Waals surface area contributed by atoms with E-state index >= 15 is 0 Å². The fraction of sp³-hybridized carbons (Fsp3) is 0.444. The number of nitrogens with one attached hydrogen (secondary N) is 1. The zero-order chi connectivity index (χ0) is 40.8. The molecule has 4 aromatic rings. The first kappa shape index (κ1) is 43.3. The monoisotopic (exact) mass is 908 g/mol. The van der Waals surface area contributed by atoms with E-state index in [1.165, 1.54) is 12.4 Å². The number of likely N-dealkylation sites (tertiary alicyclic amines) is 2. The topological polar surface area (TPSA) is 209 Å². The van der Waals surface area contributed by atoms with Crippen LogP contribution in [0.4, 0.5) is 26.7 Å². The molecule has 296 valence electrons. The maximum atomic E-state index is 12.2. The Morgan fingerprint density at radius 3 is 1.78 bits per heavy atom. The number of hydrogen-bond acceptors (Lipinski definition) is 12. The molecule has 6 rings (SSSR count). The van der Waals surface area contributed by atoms with Gasteiger partial charge in [-0.15, -0.1) is 0 Å². The molecule has 0 bridgehead atoms. The number of carbonyl (C=O) groups excluding carboxylic acids is 2. The summed E-state index contributed by atoms with van der Waals surface area (Å²) in [7, 11) is 0. The third-order valence-corrected chi connectivity index (χ3v) is 9.40. The van der Waals surface area contributed by atoms with E-state index in [9.17, 15) is 29.8 Å². The Morgan fingerprint density at radius 2 is 1.29 bits per heavy atom. The third-order valence-electron chi connectivity index (χ3n) is 8.01. The number of pyridine rings is 2. The standard InChI is InChI=1S/C18H21BrN4O4.C9H4BrClN2O2.C9H18N2O2/c1-18(2,3)27-17(24)22-7-6-12(10-22)21-16-13-8-11(19)4-5-14(13)20-9-15(16)23(25)26;10-5-1-2-7-6(3-5)9(11)8(4-12-7)13(14)15;1-9(2,3)13-8(12)11-5-4-7(10)6-11/h4-5,8-9,12H,6-7,10H2,1-3H3,(H,20,21);1-4H;7H,4-6,10H2,1-3H3/t12-;;7-/m0.0/s1. The number of hydrogen-bond donors (Lipinski definition) is 2. The van der Waals surface area contributed by atoms with Crippen molar-refractivity contribution in [2.45, 2.75) is 77.7 Å². The second-order valence-electron chi connectivity index (χ2n) is 14.8. The number of nitro groups is 2. The Balaban J connectivity index is 0.000000202. The number of nitrogens with two attached hydrogens (primary N) is 1. The van der Waals surface area contributed by atoms with Crippen LogP contribution in [0.2, 0.25) is 5.02 Å². The van der Waals surface area contributed by atoms with Gasteiger partial charge in [-0.3, -0.25) is 20.2 Å². The van der Waals surface area contributed by atoms with Crippen molar-refractivity contribution in [2.75, 3.05) is 31.5 Å². The van der Waals surface area contributed by atoms with Crippen molar-refractivity contribution in [1.29, 1.82) is 0 Å². The van der Waals surface area contributed by atoms with Crippen LogP contribution in [0.3, 0.4) is 0 Å². The van der Waals surface area contributed by atoms with Crippen molar-refractivity contribution in [3.63, 3.8) is 0 Å². The lowest BCUT2D eigenvalue weighted by molar-refractivity contribution is -0.384. The molecule has 55 heavy (non-hydrogen) atoms. The number of nitrogens with zero attached hydrogens (tertiary/aromatic N) is 6. The van der Waals surface area contributed by atoms with Gasteiger partial charge in [0.1, 0.15) is 34.3 Å². The summed E-state index contributed by atoms with van der Waals surface area (Å²) in [5, 5.41) is 26.7. The normalized spacial score (nSPS) is 16.8. The molecule has 0 saturated carbocycles. The van der Waals surface area contributed by atoms with E-state index in [-0.39, 0.29) is 40.7 Å². The lowest BCUT2D eigenvalue weighted by Crippen LogP contribution is -2.36. The zero-order valence-corrected chi connectivity index (χ0v) is 35.1. The highest BCUT2D eigenvalue weighted by Gasteiger charge is 2.32. The fourth-order valence-corrected chi connectivity index (χ4v) is 6.54. The lowest BCUT2D eigenvalue weighted by Gasteiger charge is -2.24. The Morgan fingerprint density at radius 1 is 0.818 bits per heavy atom. The molecule has 2 aliphatic rings. The number of carbonyl (C=O) groups is 2. The predicted octanol–water partition coefficient (Wildman–Crippen LogP) is 8.84. The molecule has 2 aromatic carbocycles. The highest BCUT2D eigenvalue weighted by Crippen LogP contribution is 2.35. The highest BCUT2D eigenvalue weighted by atomic mass is 79.9. The molecule has 2 aromatic heterocycles. The number of anilines is 1. The van der Waals surface area contributed by atoms with Crippen LogP contribution in [-0.4, -0.2) is 91.3 Å². The summed E-state index contributed by atoms with van der Waals surface area (Å²) in [6, 6.07) is 10.7. The minimum absolute atomic E-state index is 0.0867. The van der Waals surface area contributed by atoms with Crippen LogP contribution < -0.4 is 11.1 Å². The van der Waals surface area contributed by atoms with E-state index in [0.29, 0.717) is 53.5 Å². The van der Waals surface area contributed by atoms with Crippen LogP contribution >= 0.6 is 43.5 Å². The summed E-state index contributed by atoms with van der Waals surface area (Å²) in [6.07, 6.45) is 3.36. The average Bonchev–Trinajstić information content (AvgIpc) is 3.74. The molecule has 2 atom stereocenters. The number of fused-ring (bicyclic) bond motifs is 2. The van der Waals surface area contributed by atoms with Gasteiger partial charge in [0, 0.05) is 58.0 Å². The van der Waals surface area contributed by atoms with Gasteiger partial charge in [0.05, 0.1) is 20.9 Å². The number of aromatic nitrogens is 2. The van der Waals surface area contributed by atoms with Crippen LogP contribution in [0, 0.1) is 20.2 Å². The van der Waals surface area contributed by atoms with Gasteiger partial charge in [-0.2, -0.15) is 0 Å². The molecular weight excluding hydrogens is 868 g/mol. The molecule has 2 aliphatic heterocycles. The summed E-state index contributed by atoms with van der Waals surface area (Å²) in [5.74, 6) is 0. The molecule has 4 heterocycles. The zero-order valence-electron chi connectivity index (χ0n) is 31.2. The van der Waals surface area contributed by atoms with Gasteiger partial charge in [-0.05, 0) is 90.8 Å². The molecule has 3 N–H and O–H groups in total. The van der Waals surface area contributed by atoms with Crippen molar-refractivity contribution in [3.05, 3.63) is 83.0 Å². The Kier molecular flexibility index (Phi) is 14.2. The van der Waals surface area contributed by atoms with Crippen molar-refractivity contribution in [3.8, 4) is 0 Å². The van der Waals surface area contributed by atoms with Gasteiger partial charge in [0.25, 0.3) is 0 Å². The fourth-order valence-electron chi connectivity index (χ4n) is 5.55. The summed E-state index contributed by atoms with van der Waals surface area (Å²) >= 11 is 12.6. The Bertz CT molecular complexity index is 2080. The quantitative estimate of drug-likeness (QED) is 0.145. The molecule has 2 saturated heterocycles. The van der Waals surface area contributed by atoms with Gasteiger partial charge in [-0.25, -0.2) is 19.6 Å². The minimum atomic E-state index is -0.561. The molecule has 0 radical (unpaired) electrons. The van der Waals surface area contributed by atoms with Crippen LogP contribution in [0.5, 0.6) is 0 Å². The Hall–Kier alpha value is -4.39. The maximum Gasteiger partial charge on any atom is 0.410 e. The Labute approximate surface area is 339 Å². The molecule has 2 amide bonds. The number of ether oxygens (including phenoxy) is 2. The SMILES string of the molecule is CC(C)(C)OC(=O)N1CC[C@H](N)C1.CC(C)(C)OC(=O)N1CC[C@H](Nc2c([N+](=O)[O-])cnc3ccc(Br)cc23)C1.O=[N+]([O-])c1cnc2ccc(Br)cc2c1Cl. The van der Waals surface area contributed by atoms with Gasteiger partial charge in [-0.1, -0.05) is 43.5 Å². The highest BCUT2D eigenvalue weighted by molar-refractivity contribution is 9.10. The first-order chi connectivity index (χ1) is 25.6. The van der Waals surface area contributed by atoms with Crippen molar-refractivity contribution in [1.82, 2.24) is 19.8 Å². The van der Waals surface area contributed by atoms with Gasteiger partial charge in [0.2, 0.25) is 0 Å². The van der Waals surface area contributed by atoms with E-state index in [0.717, 1.165) is 21.9 Å². The van der Waals surface area contributed by atoms with Gasteiger partial charge < -0.3 is 30.3 Å². The molecule has 16 nitrogen and oxygen atoms in total. The second kappa shape index (κ2) is 18.0. The van der Waals surface area contributed by atoms with Crippen molar-refractivity contribution < 1.29 is 28.9 Å². The molecule has 0 aliphatic carbocycles. The van der Waals surface area contributed by atoms with Crippen LogP contribution in [0.15, 0.2) is 57.7 Å². The number of halogens is 3. The average molecular weight is 911 g/mol. The molecular formula is C36H43Br2ClN8O8. The number of benzene rings is 2. The third kappa shape index (κ3) is 12.3. The summed E-state index contributed by atoms with van der Waals surface area (Å²) in [6.45, 7) is 13.3. The number of amides is 2. The molecule has 0 spiro atoms. The first-order valence-corrected chi connectivity index (χ1v) is 19.2.